The van der Waals surface area contributed by atoms with Gasteiger partial charge in [-0.1, -0.05) is 23.7 Å². The summed E-state index contributed by atoms with van der Waals surface area (Å²) in [4.78, 5) is 0. The van der Waals surface area contributed by atoms with Crippen LogP contribution in [0.5, 0.6) is 0 Å². The highest BCUT2D eigenvalue weighted by molar-refractivity contribution is 7.92. The molecule has 2 rings (SSSR count). The predicted octanol–water partition coefficient (Wildman–Crippen LogP) is 1.79. The van der Waals surface area contributed by atoms with Crippen molar-refractivity contribution in [2.24, 2.45) is 0 Å². The highest BCUT2D eigenvalue weighted by atomic mass is 35.5. The van der Waals surface area contributed by atoms with Crippen LogP contribution in [0.25, 0.3) is 0 Å². The summed E-state index contributed by atoms with van der Waals surface area (Å²) >= 11 is 5.80. The summed E-state index contributed by atoms with van der Waals surface area (Å²) in [6.45, 7) is 2.26. The molecule has 1 fully saturated rings. The minimum Gasteiger partial charge on any atom is -0.308 e. The van der Waals surface area contributed by atoms with Crippen molar-refractivity contribution < 1.29 is 8.42 Å². The van der Waals surface area contributed by atoms with E-state index in [0.29, 0.717) is 11.6 Å². The Labute approximate surface area is 101 Å². The fourth-order valence-corrected chi connectivity index (χ4v) is 3.54. The van der Waals surface area contributed by atoms with Crippen LogP contribution in [0.3, 0.4) is 0 Å². The van der Waals surface area contributed by atoms with Crippen molar-refractivity contribution >= 4 is 21.4 Å². The second-order valence-electron chi connectivity index (χ2n) is 4.06. The molecule has 1 aromatic carbocycles. The summed E-state index contributed by atoms with van der Waals surface area (Å²) in [5, 5.41) is 3.51. The van der Waals surface area contributed by atoms with E-state index in [9.17, 15) is 8.42 Å². The van der Waals surface area contributed by atoms with Crippen LogP contribution in [0.15, 0.2) is 24.3 Å². The number of hydrogen-bond acceptors (Lipinski definition) is 3. The number of benzene rings is 1. The third-order valence-electron chi connectivity index (χ3n) is 3.02. The molecule has 0 saturated carbocycles. The molecule has 2 atom stereocenters. The van der Waals surface area contributed by atoms with E-state index in [4.69, 9.17) is 11.6 Å². The first-order valence-electron chi connectivity index (χ1n) is 5.21. The molecule has 0 spiro atoms. The number of nitrogens with one attached hydrogen (secondary N) is 1. The first kappa shape index (κ1) is 11.9. The standard InChI is InChI=1S/C11H14ClNO2S/c1-8-11(13-6-7-16(8,14)15)9-2-4-10(12)5-3-9/h2-5,8,11,13H,6-7H2,1H3. The average Bonchev–Trinajstić information content (AvgIpc) is 2.24. The lowest BCUT2D eigenvalue weighted by molar-refractivity contribution is 0.483. The van der Waals surface area contributed by atoms with Crippen molar-refractivity contribution in [3.05, 3.63) is 34.9 Å². The van der Waals surface area contributed by atoms with Gasteiger partial charge in [0.2, 0.25) is 0 Å². The Hall–Kier alpha value is -0.580. The summed E-state index contributed by atoms with van der Waals surface area (Å²) < 4.78 is 23.5. The van der Waals surface area contributed by atoms with Crippen LogP contribution in [-0.4, -0.2) is 26.0 Å². The van der Waals surface area contributed by atoms with E-state index in [1.54, 1.807) is 19.1 Å². The maximum Gasteiger partial charge on any atom is 0.156 e. The molecule has 0 radical (unpaired) electrons. The molecule has 3 nitrogen and oxygen atoms in total. The van der Waals surface area contributed by atoms with E-state index >= 15 is 0 Å². The maximum absolute atomic E-state index is 11.8. The molecule has 1 saturated heterocycles. The van der Waals surface area contributed by atoms with Gasteiger partial charge in [-0.2, -0.15) is 0 Å². The number of sulfone groups is 1. The van der Waals surface area contributed by atoms with Crippen molar-refractivity contribution in [2.75, 3.05) is 12.3 Å². The van der Waals surface area contributed by atoms with E-state index in [0.717, 1.165) is 5.56 Å². The van der Waals surface area contributed by atoms with E-state index in [2.05, 4.69) is 5.32 Å². The predicted molar refractivity (Wildman–Crippen MR) is 65.4 cm³/mol. The quantitative estimate of drug-likeness (QED) is 0.836. The highest BCUT2D eigenvalue weighted by Gasteiger charge is 2.33. The lowest BCUT2D eigenvalue weighted by Gasteiger charge is -2.30. The van der Waals surface area contributed by atoms with E-state index < -0.39 is 9.84 Å². The van der Waals surface area contributed by atoms with Gasteiger partial charge in [-0.25, -0.2) is 8.42 Å². The number of hydrogen-bond donors (Lipinski definition) is 1. The molecule has 1 aliphatic heterocycles. The van der Waals surface area contributed by atoms with Gasteiger partial charge in [0, 0.05) is 17.6 Å². The van der Waals surface area contributed by atoms with Crippen molar-refractivity contribution in [1.82, 2.24) is 5.32 Å². The zero-order valence-corrected chi connectivity index (χ0v) is 10.6. The zero-order valence-electron chi connectivity index (χ0n) is 8.98. The summed E-state index contributed by atoms with van der Waals surface area (Å²) in [6.07, 6.45) is 0. The molecule has 0 aromatic heterocycles. The van der Waals surface area contributed by atoms with Crippen molar-refractivity contribution in [3.8, 4) is 0 Å². The number of rotatable bonds is 1. The molecular formula is C11H14ClNO2S. The van der Waals surface area contributed by atoms with Gasteiger partial charge in [0.15, 0.2) is 9.84 Å². The summed E-state index contributed by atoms with van der Waals surface area (Å²) in [6, 6.07) is 7.18. The normalized spacial score (nSPS) is 28.9. The van der Waals surface area contributed by atoms with Gasteiger partial charge in [0.1, 0.15) is 0 Å². The third kappa shape index (κ3) is 2.24. The zero-order chi connectivity index (χ0) is 11.8. The van der Waals surface area contributed by atoms with Crippen LogP contribution >= 0.6 is 11.6 Å². The second-order valence-corrected chi connectivity index (χ2v) is 6.97. The van der Waals surface area contributed by atoms with Crippen LogP contribution in [0.4, 0.5) is 0 Å². The molecule has 1 aromatic rings. The molecule has 0 aliphatic carbocycles. The molecule has 16 heavy (non-hydrogen) atoms. The topological polar surface area (TPSA) is 46.2 Å². The first-order chi connectivity index (χ1) is 7.50. The summed E-state index contributed by atoms with van der Waals surface area (Å²) in [5.41, 5.74) is 0.972. The molecule has 1 N–H and O–H groups in total. The lowest BCUT2D eigenvalue weighted by atomic mass is 10.0. The molecule has 5 heteroatoms. The van der Waals surface area contributed by atoms with Crippen LogP contribution in [0, 0.1) is 0 Å². The second kappa shape index (κ2) is 4.35. The minimum atomic E-state index is -2.96. The average molecular weight is 260 g/mol. The van der Waals surface area contributed by atoms with Gasteiger partial charge in [-0.05, 0) is 24.6 Å². The molecule has 1 heterocycles. The van der Waals surface area contributed by atoms with Crippen molar-refractivity contribution in [3.63, 3.8) is 0 Å². The first-order valence-corrected chi connectivity index (χ1v) is 7.30. The SMILES string of the molecule is CC1C(c2ccc(Cl)cc2)NCCS1(=O)=O. The molecule has 88 valence electrons. The fourth-order valence-electron chi connectivity index (χ4n) is 1.97. The van der Waals surface area contributed by atoms with Gasteiger partial charge in [-0.15, -0.1) is 0 Å². The van der Waals surface area contributed by atoms with E-state index in [1.807, 2.05) is 12.1 Å². The Kier molecular flexibility index (Phi) is 3.24. The van der Waals surface area contributed by atoms with E-state index in [1.165, 1.54) is 0 Å². The van der Waals surface area contributed by atoms with Gasteiger partial charge in [-0.3, -0.25) is 0 Å². The van der Waals surface area contributed by atoms with Gasteiger partial charge in [0.25, 0.3) is 0 Å². The Morgan fingerprint density at radius 2 is 1.94 bits per heavy atom. The van der Waals surface area contributed by atoms with Crippen LogP contribution in [-0.2, 0) is 9.84 Å². The molecule has 0 bridgehead atoms. The van der Waals surface area contributed by atoms with Gasteiger partial charge in [0.05, 0.1) is 11.0 Å². The van der Waals surface area contributed by atoms with Gasteiger partial charge >= 0.3 is 0 Å². The monoisotopic (exact) mass is 259 g/mol. The third-order valence-corrected chi connectivity index (χ3v) is 5.45. The highest BCUT2D eigenvalue weighted by Crippen LogP contribution is 2.26. The molecule has 2 unspecified atom stereocenters. The molecule has 1 aliphatic rings. The number of halogens is 1. The lowest BCUT2D eigenvalue weighted by Crippen LogP contribution is -2.45. The van der Waals surface area contributed by atoms with Crippen molar-refractivity contribution in [2.45, 2.75) is 18.2 Å². The molecular weight excluding hydrogens is 246 g/mol. The smallest absolute Gasteiger partial charge is 0.156 e. The van der Waals surface area contributed by atoms with Gasteiger partial charge < -0.3 is 5.32 Å². The summed E-state index contributed by atoms with van der Waals surface area (Å²) in [5.74, 6) is 0.220. The van der Waals surface area contributed by atoms with E-state index in [-0.39, 0.29) is 17.0 Å². The Bertz CT molecular complexity index is 469. The Morgan fingerprint density at radius 3 is 2.56 bits per heavy atom. The Balaban J connectivity index is 2.30. The van der Waals surface area contributed by atoms with Crippen LogP contribution < -0.4 is 5.32 Å². The fraction of sp³-hybridized carbons (Fsp3) is 0.455. The van der Waals surface area contributed by atoms with Crippen molar-refractivity contribution in [1.29, 1.82) is 0 Å². The van der Waals surface area contributed by atoms with Crippen LogP contribution in [0.2, 0.25) is 5.02 Å². The molecule has 0 amide bonds. The van der Waals surface area contributed by atoms with Crippen LogP contribution in [0.1, 0.15) is 18.5 Å². The summed E-state index contributed by atoms with van der Waals surface area (Å²) in [7, 11) is -2.96. The minimum absolute atomic E-state index is 0.129. The Morgan fingerprint density at radius 1 is 1.31 bits per heavy atom. The largest absolute Gasteiger partial charge is 0.308 e. The maximum atomic E-state index is 11.8.